The van der Waals surface area contributed by atoms with Gasteiger partial charge in [0.05, 0.1) is 22.9 Å². The lowest BCUT2D eigenvalue weighted by Gasteiger charge is -2.31. The Bertz CT molecular complexity index is 1110. The summed E-state index contributed by atoms with van der Waals surface area (Å²) in [6.07, 6.45) is 0.347. The number of rotatable bonds is 3. The molecule has 2 aromatic rings. The third-order valence-corrected chi connectivity index (χ3v) is 5.00. The summed E-state index contributed by atoms with van der Waals surface area (Å²) < 4.78 is 40.0. The van der Waals surface area contributed by atoms with Crippen LogP contribution in [0.4, 0.5) is 23.7 Å². The van der Waals surface area contributed by atoms with Crippen LogP contribution in [0.15, 0.2) is 42.5 Å². The number of halogens is 3. The molecule has 1 aliphatic heterocycles. The molecule has 1 heterocycles. The molecule has 152 valence electrons. The molecule has 2 aromatic carbocycles. The number of carbonyl (C=O) groups is 2. The molecule has 1 unspecified atom stereocenters. The number of alkyl halides is 3. The van der Waals surface area contributed by atoms with Gasteiger partial charge in [-0.1, -0.05) is 12.1 Å². The molecule has 0 spiro atoms. The van der Waals surface area contributed by atoms with E-state index < -0.39 is 34.8 Å². The number of aromatic hydroxyl groups is 1. The van der Waals surface area contributed by atoms with Gasteiger partial charge in [0.2, 0.25) is 0 Å². The van der Waals surface area contributed by atoms with Gasteiger partial charge in [-0.25, -0.2) is 9.69 Å². The normalized spacial score (nSPS) is 19.0. The average molecular weight is 413 g/mol. The van der Waals surface area contributed by atoms with Gasteiger partial charge in [-0.05, 0) is 35.9 Å². The molecule has 0 bridgehead atoms. The minimum Gasteiger partial charge on any atom is -0.508 e. The number of nitrogens with zero attached hydrogens (tertiary/aromatic N) is 3. The second-order valence-electron chi connectivity index (χ2n) is 6.61. The molecule has 1 N–H and O–H groups in total. The zero-order valence-electron chi connectivity index (χ0n) is 15.6. The maximum atomic E-state index is 13.4. The highest BCUT2D eigenvalue weighted by Gasteiger charge is 2.57. The molecule has 1 atom stereocenters. The van der Waals surface area contributed by atoms with E-state index in [1.54, 1.807) is 0 Å². The number of hydrogen-bond acceptors (Lipinski definition) is 4. The number of terminal acetylenes is 1. The van der Waals surface area contributed by atoms with E-state index in [1.807, 2.05) is 0 Å². The monoisotopic (exact) mass is 413 g/mol. The molecule has 3 rings (SSSR count). The van der Waals surface area contributed by atoms with E-state index in [-0.39, 0.29) is 17.9 Å². The molecular formula is C21H14F3N3O3. The van der Waals surface area contributed by atoms with Gasteiger partial charge in [-0.2, -0.15) is 18.4 Å². The first kappa shape index (κ1) is 20.7. The first-order valence-corrected chi connectivity index (χ1v) is 8.54. The topological polar surface area (TPSA) is 84.6 Å². The van der Waals surface area contributed by atoms with Crippen LogP contribution >= 0.6 is 0 Å². The number of amides is 3. The quantitative estimate of drug-likeness (QED) is 0.616. The fourth-order valence-corrected chi connectivity index (χ4v) is 3.46. The third-order valence-electron chi connectivity index (χ3n) is 5.00. The number of imide groups is 1. The van der Waals surface area contributed by atoms with Crippen LogP contribution in [-0.2, 0) is 16.5 Å². The summed E-state index contributed by atoms with van der Waals surface area (Å²) in [7, 11) is 1.32. The number of carbonyl (C=O) groups excluding carboxylic acids is 2. The van der Waals surface area contributed by atoms with Gasteiger partial charge in [-0.15, -0.1) is 12.3 Å². The minimum absolute atomic E-state index is 0.0761. The Kier molecular flexibility index (Phi) is 4.93. The van der Waals surface area contributed by atoms with Crippen molar-refractivity contribution in [1.82, 2.24) is 4.90 Å². The zero-order chi connectivity index (χ0) is 22.3. The SMILES string of the molecule is C#CCC1(c2ccc(O)cc2)C(=O)N(c2ccc(C#N)c(C(F)(F)F)c2)C(=O)N1C. The first-order valence-electron chi connectivity index (χ1n) is 8.54. The molecule has 0 radical (unpaired) electrons. The summed E-state index contributed by atoms with van der Waals surface area (Å²) in [6.45, 7) is 0. The number of nitriles is 1. The van der Waals surface area contributed by atoms with Gasteiger partial charge in [0.25, 0.3) is 5.91 Å². The van der Waals surface area contributed by atoms with Crippen molar-refractivity contribution in [3.05, 3.63) is 59.2 Å². The number of phenolic OH excluding ortho intramolecular Hbond substituents is 1. The molecule has 30 heavy (non-hydrogen) atoms. The molecule has 6 nitrogen and oxygen atoms in total. The summed E-state index contributed by atoms with van der Waals surface area (Å²) >= 11 is 0. The van der Waals surface area contributed by atoms with E-state index in [9.17, 15) is 27.9 Å². The summed E-state index contributed by atoms with van der Waals surface area (Å²) in [5, 5.41) is 18.5. The van der Waals surface area contributed by atoms with Gasteiger partial charge in [-0.3, -0.25) is 4.79 Å². The Morgan fingerprint density at radius 1 is 1.17 bits per heavy atom. The maximum absolute atomic E-state index is 13.4. The third kappa shape index (κ3) is 3.01. The van der Waals surface area contributed by atoms with Crippen molar-refractivity contribution in [3.63, 3.8) is 0 Å². The van der Waals surface area contributed by atoms with Crippen LogP contribution in [0, 0.1) is 23.7 Å². The zero-order valence-corrected chi connectivity index (χ0v) is 15.6. The van der Waals surface area contributed by atoms with E-state index in [0.717, 1.165) is 17.0 Å². The van der Waals surface area contributed by atoms with Crippen LogP contribution in [0.25, 0.3) is 0 Å². The van der Waals surface area contributed by atoms with Crippen LogP contribution < -0.4 is 4.90 Å². The standard InChI is InChI=1S/C21H14F3N3O3/c1-3-10-20(14-5-8-16(28)9-6-14)18(29)27(19(30)26(20)2)15-7-4-13(12-25)17(11-15)21(22,23)24/h1,4-9,11,28H,10H2,2H3. The van der Waals surface area contributed by atoms with E-state index in [4.69, 9.17) is 11.7 Å². The van der Waals surface area contributed by atoms with Gasteiger partial charge >= 0.3 is 12.2 Å². The number of benzene rings is 2. The Morgan fingerprint density at radius 3 is 2.33 bits per heavy atom. The minimum atomic E-state index is -4.86. The van der Waals surface area contributed by atoms with Crippen molar-refractivity contribution in [1.29, 1.82) is 5.26 Å². The van der Waals surface area contributed by atoms with Crippen LogP contribution in [0.1, 0.15) is 23.1 Å². The van der Waals surface area contributed by atoms with Crippen LogP contribution in [0.2, 0.25) is 0 Å². The molecule has 3 amide bonds. The second-order valence-corrected chi connectivity index (χ2v) is 6.61. The molecule has 0 saturated carbocycles. The number of phenols is 1. The summed E-state index contributed by atoms with van der Waals surface area (Å²) in [5.74, 6) is 1.43. The van der Waals surface area contributed by atoms with Crippen molar-refractivity contribution in [2.24, 2.45) is 0 Å². The Balaban J connectivity index is 2.19. The highest BCUT2D eigenvalue weighted by atomic mass is 19.4. The van der Waals surface area contributed by atoms with Gasteiger partial charge < -0.3 is 10.0 Å². The van der Waals surface area contributed by atoms with Gasteiger partial charge in [0.1, 0.15) is 5.75 Å². The van der Waals surface area contributed by atoms with E-state index in [2.05, 4.69) is 5.92 Å². The summed E-state index contributed by atoms with van der Waals surface area (Å²) in [6, 6.07) is 8.62. The lowest BCUT2D eigenvalue weighted by atomic mass is 9.85. The van der Waals surface area contributed by atoms with E-state index in [1.165, 1.54) is 37.4 Å². The number of urea groups is 1. The maximum Gasteiger partial charge on any atom is 0.417 e. The number of anilines is 1. The Morgan fingerprint density at radius 2 is 1.80 bits per heavy atom. The number of hydrogen-bond donors (Lipinski definition) is 1. The summed E-state index contributed by atoms with van der Waals surface area (Å²) in [5.41, 5.74) is -3.59. The van der Waals surface area contributed by atoms with E-state index in [0.29, 0.717) is 16.5 Å². The Hall–Kier alpha value is -3.98. The highest BCUT2D eigenvalue weighted by molar-refractivity contribution is 6.23. The van der Waals surface area contributed by atoms with Crippen molar-refractivity contribution in [2.75, 3.05) is 11.9 Å². The summed E-state index contributed by atoms with van der Waals surface area (Å²) in [4.78, 5) is 28.0. The smallest absolute Gasteiger partial charge is 0.417 e. The van der Waals surface area contributed by atoms with Crippen molar-refractivity contribution < 1.29 is 27.9 Å². The molecule has 9 heteroatoms. The predicted molar refractivity (Wildman–Crippen MR) is 100 cm³/mol. The fraction of sp³-hybridized carbons (Fsp3) is 0.190. The fourth-order valence-electron chi connectivity index (χ4n) is 3.46. The van der Waals surface area contributed by atoms with Crippen LogP contribution in [-0.4, -0.2) is 29.0 Å². The Labute approximate surface area is 169 Å². The first-order chi connectivity index (χ1) is 14.1. The average Bonchev–Trinajstić information content (AvgIpc) is 2.89. The largest absolute Gasteiger partial charge is 0.508 e. The van der Waals surface area contributed by atoms with Crippen molar-refractivity contribution >= 4 is 17.6 Å². The van der Waals surface area contributed by atoms with Gasteiger partial charge in [0, 0.05) is 13.5 Å². The van der Waals surface area contributed by atoms with E-state index >= 15 is 0 Å². The van der Waals surface area contributed by atoms with Gasteiger partial charge in [0.15, 0.2) is 5.54 Å². The second kappa shape index (κ2) is 7.12. The molecular weight excluding hydrogens is 399 g/mol. The van der Waals surface area contributed by atoms with Crippen molar-refractivity contribution in [2.45, 2.75) is 18.1 Å². The molecule has 0 aromatic heterocycles. The van der Waals surface area contributed by atoms with Crippen LogP contribution in [0.3, 0.4) is 0 Å². The van der Waals surface area contributed by atoms with Crippen molar-refractivity contribution in [3.8, 4) is 24.2 Å². The number of likely N-dealkylation sites (N-methyl/N-ethyl adjacent to an activating group) is 1. The lowest BCUT2D eigenvalue weighted by molar-refractivity contribution is -0.137. The molecule has 1 aliphatic rings. The lowest BCUT2D eigenvalue weighted by Crippen LogP contribution is -2.44. The molecule has 0 aliphatic carbocycles. The predicted octanol–water partition coefficient (Wildman–Crippen LogP) is 3.60. The molecule has 1 fully saturated rings. The highest BCUT2D eigenvalue weighted by Crippen LogP contribution is 2.43. The van der Waals surface area contributed by atoms with Crippen LogP contribution in [0.5, 0.6) is 5.75 Å². The molecule has 1 saturated heterocycles.